The molecule has 2 heterocycles. The number of carboxylic acid groups (broad SMARTS) is 1. The number of sulfonamides is 1. The fourth-order valence-corrected chi connectivity index (χ4v) is 3.40. The smallest absolute Gasteiger partial charge is 0.316 e. The molecular weight excluding hydrogens is 404 g/mol. The van der Waals surface area contributed by atoms with E-state index < -0.39 is 10.0 Å². The zero-order valence-corrected chi connectivity index (χ0v) is 16.7. The molecule has 3 N–H and O–H groups in total. The number of aromatic nitrogens is 2. The highest BCUT2D eigenvalue weighted by Crippen LogP contribution is 2.42. The molecule has 0 fully saturated rings. The van der Waals surface area contributed by atoms with Crippen LogP contribution in [0.1, 0.15) is 23.5 Å². The second-order valence-corrected chi connectivity index (χ2v) is 7.68. The maximum atomic E-state index is 12.1. The lowest BCUT2D eigenvalue weighted by molar-refractivity contribution is -0.123. The van der Waals surface area contributed by atoms with E-state index in [4.69, 9.17) is 19.4 Å². The summed E-state index contributed by atoms with van der Waals surface area (Å²) in [4.78, 5) is 28.7. The molecule has 1 amide bonds. The van der Waals surface area contributed by atoms with Crippen molar-refractivity contribution in [1.82, 2.24) is 9.97 Å². The topological polar surface area (TPSA) is 157 Å². The highest BCUT2D eigenvalue weighted by Gasteiger charge is 2.29. The fourth-order valence-electron chi connectivity index (χ4n) is 2.85. The summed E-state index contributed by atoms with van der Waals surface area (Å²) >= 11 is 0. The highest BCUT2D eigenvalue weighted by atomic mass is 32.2. The van der Waals surface area contributed by atoms with Gasteiger partial charge in [0, 0.05) is 30.4 Å². The van der Waals surface area contributed by atoms with Gasteiger partial charge in [0.05, 0.1) is 26.2 Å². The van der Waals surface area contributed by atoms with Gasteiger partial charge >= 0.3 is 6.01 Å². The molecule has 1 aromatic heterocycles. The van der Waals surface area contributed by atoms with Crippen molar-refractivity contribution in [3.63, 3.8) is 0 Å². The number of ether oxygens (including phenoxy) is 2. The van der Waals surface area contributed by atoms with Crippen molar-refractivity contribution in [3.05, 3.63) is 35.7 Å². The number of amides is 1. The minimum atomic E-state index is -3.50. The zero-order chi connectivity index (χ0) is 21.6. The lowest BCUT2D eigenvalue weighted by Gasteiger charge is -2.27. The summed E-state index contributed by atoms with van der Waals surface area (Å²) in [6.07, 6.45) is 4.47. The summed E-state index contributed by atoms with van der Waals surface area (Å²) < 4.78 is 35.8. The number of benzene rings is 1. The number of hydrogen-bond donors (Lipinski definition) is 3. The van der Waals surface area contributed by atoms with Gasteiger partial charge in [-0.2, -0.15) is 0 Å². The molecule has 2 aromatic rings. The first-order chi connectivity index (χ1) is 13.7. The Labute approximate surface area is 167 Å². The molecule has 1 unspecified atom stereocenters. The Hall–Kier alpha value is -3.41. The molecule has 29 heavy (non-hydrogen) atoms. The number of carbonyl (C=O) groups excluding carboxylic acids is 1. The van der Waals surface area contributed by atoms with Gasteiger partial charge in [-0.05, 0) is 23.3 Å². The number of nitrogens with zero attached hydrogens (tertiary/aromatic N) is 2. The van der Waals surface area contributed by atoms with Gasteiger partial charge in [0.15, 0.2) is 0 Å². The van der Waals surface area contributed by atoms with Crippen molar-refractivity contribution < 1.29 is 32.6 Å². The standard InChI is InChI=1S/C16H18N4O5S.CH2O2/c1-24-14-4-11-10(9-7-17-16(25-2)18-8-9)5-15(21)19-12(11)6-13(14)20-26(3,22)23;2-1-3/h4,6-8,10,20H,5H2,1-3H3,(H,19,21);1H,(H,2,3). The van der Waals surface area contributed by atoms with Crippen molar-refractivity contribution >= 4 is 33.8 Å². The van der Waals surface area contributed by atoms with E-state index in [-0.39, 0.29) is 36.4 Å². The minimum Gasteiger partial charge on any atom is -0.495 e. The third kappa shape index (κ3) is 5.54. The predicted molar refractivity (Wildman–Crippen MR) is 104 cm³/mol. The van der Waals surface area contributed by atoms with Crippen molar-refractivity contribution in [2.45, 2.75) is 12.3 Å². The first-order valence-electron chi connectivity index (χ1n) is 8.15. The summed E-state index contributed by atoms with van der Waals surface area (Å²) in [5.41, 5.74) is 2.29. The van der Waals surface area contributed by atoms with Crippen LogP contribution in [0.4, 0.5) is 11.4 Å². The summed E-state index contributed by atoms with van der Waals surface area (Å²) in [6.45, 7) is -0.250. The van der Waals surface area contributed by atoms with Crippen LogP contribution in [0.15, 0.2) is 24.5 Å². The lowest BCUT2D eigenvalue weighted by atomic mass is 9.86. The van der Waals surface area contributed by atoms with Crippen LogP contribution in [-0.2, 0) is 19.6 Å². The van der Waals surface area contributed by atoms with E-state index in [1.165, 1.54) is 14.2 Å². The first-order valence-corrected chi connectivity index (χ1v) is 10.0. The molecule has 12 heteroatoms. The van der Waals surface area contributed by atoms with E-state index in [1.807, 2.05) is 0 Å². The average molecular weight is 424 g/mol. The Morgan fingerprint density at radius 3 is 2.38 bits per heavy atom. The van der Waals surface area contributed by atoms with Crippen LogP contribution in [0.5, 0.6) is 11.8 Å². The zero-order valence-electron chi connectivity index (χ0n) is 15.9. The molecule has 156 valence electrons. The number of hydrogen-bond acceptors (Lipinski definition) is 8. The van der Waals surface area contributed by atoms with Crippen molar-refractivity contribution in [2.75, 3.05) is 30.5 Å². The molecule has 0 saturated heterocycles. The SMILES string of the molecule is COc1ncc(C2CC(=O)Nc3cc(NS(C)(=O)=O)c(OC)cc32)cn1.O=CO. The van der Waals surface area contributed by atoms with Crippen molar-refractivity contribution in [3.8, 4) is 11.8 Å². The van der Waals surface area contributed by atoms with Gasteiger partial charge in [0.25, 0.3) is 6.47 Å². The van der Waals surface area contributed by atoms with Gasteiger partial charge in [-0.15, -0.1) is 0 Å². The Morgan fingerprint density at radius 1 is 1.24 bits per heavy atom. The molecule has 1 atom stereocenters. The van der Waals surface area contributed by atoms with E-state index >= 15 is 0 Å². The third-order valence-electron chi connectivity index (χ3n) is 3.94. The average Bonchev–Trinajstić information content (AvgIpc) is 2.66. The van der Waals surface area contributed by atoms with Gasteiger partial charge in [0.2, 0.25) is 15.9 Å². The summed E-state index contributed by atoms with van der Waals surface area (Å²) in [5, 5.41) is 9.65. The van der Waals surface area contributed by atoms with Crippen molar-refractivity contribution in [1.29, 1.82) is 0 Å². The van der Waals surface area contributed by atoms with E-state index in [2.05, 4.69) is 20.0 Å². The summed E-state index contributed by atoms with van der Waals surface area (Å²) in [5.74, 6) is -0.121. The van der Waals surface area contributed by atoms with E-state index in [0.717, 1.165) is 17.4 Å². The summed E-state index contributed by atoms with van der Waals surface area (Å²) in [6, 6.07) is 3.49. The quantitative estimate of drug-likeness (QED) is 0.597. The molecule has 3 rings (SSSR count). The van der Waals surface area contributed by atoms with Gasteiger partial charge in [-0.1, -0.05) is 0 Å². The summed E-state index contributed by atoms with van der Waals surface area (Å²) in [7, 11) is -0.582. The van der Waals surface area contributed by atoms with Crippen molar-refractivity contribution in [2.24, 2.45) is 0 Å². The van der Waals surface area contributed by atoms with E-state index in [9.17, 15) is 13.2 Å². The van der Waals surface area contributed by atoms with Crippen LogP contribution in [0.2, 0.25) is 0 Å². The number of methoxy groups -OCH3 is 2. The number of fused-ring (bicyclic) bond motifs is 1. The first kappa shape index (κ1) is 21.9. The van der Waals surface area contributed by atoms with Gasteiger partial charge < -0.3 is 19.9 Å². The monoisotopic (exact) mass is 424 g/mol. The maximum Gasteiger partial charge on any atom is 0.316 e. The maximum absolute atomic E-state index is 12.1. The minimum absolute atomic E-state index is 0.186. The Morgan fingerprint density at radius 2 is 1.86 bits per heavy atom. The molecule has 0 aliphatic carbocycles. The molecule has 11 nitrogen and oxygen atoms in total. The molecule has 0 bridgehead atoms. The van der Waals surface area contributed by atoms with Crippen LogP contribution < -0.4 is 19.5 Å². The largest absolute Gasteiger partial charge is 0.495 e. The number of rotatable bonds is 5. The van der Waals surface area contributed by atoms with E-state index in [0.29, 0.717) is 11.4 Å². The second kappa shape index (κ2) is 9.19. The van der Waals surface area contributed by atoms with Gasteiger partial charge in [-0.25, -0.2) is 18.4 Å². The third-order valence-corrected chi connectivity index (χ3v) is 4.53. The normalized spacial score (nSPS) is 15.1. The Kier molecular flexibility index (Phi) is 6.93. The molecule has 0 saturated carbocycles. The Balaban J connectivity index is 0.000000941. The number of anilines is 2. The number of nitrogens with one attached hydrogen (secondary N) is 2. The molecule has 1 aliphatic rings. The second-order valence-electron chi connectivity index (χ2n) is 5.93. The van der Waals surface area contributed by atoms with Crippen LogP contribution in [0.25, 0.3) is 0 Å². The van der Waals surface area contributed by atoms with Crippen LogP contribution in [0, 0.1) is 0 Å². The molecule has 1 aromatic carbocycles. The molecule has 0 radical (unpaired) electrons. The fraction of sp³-hybridized carbons (Fsp3) is 0.294. The van der Waals surface area contributed by atoms with Gasteiger partial charge in [-0.3, -0.25) is 14.3 Å². The number of carbonyl (C=O) groups is 2. The lowest BCUT2D eigenvalue weighted by Crippen LogP contribution is -2.24. The van der Waals surface area contributed by atoms with Crippen LogP contribution in [-0.4, -0.2) is 56.3 Å². The molecular formula is C17H20N4O7S. The van der Waals surface area contributed by atoms with Gasteiger partial charge in [0.1, 0.15) is 5.75 Å². The molecule has 0 spiro atoms. The Bertz CT molecular complexity index is 994. The van der Waals surface area contributed by atoms with E-state index in [1.54, 1.807) is 24.5 Å². The van der Waals surface area contributed by atoms with Crippen LogP contribution in [0.3, 0.4) is 0 Å². The molecule has 1 aliphatic heterocycles. The predicted octanol–water partition coefficient (Wildman–Crippen LogP) is 1.04. The van der Waals surface area contributed by atoms with Crippen LogP contribution >= 0.6 is 0 Å². The highest BCUT2D eigenvalue weighted by molar-refractivity contribution is 7.92.